The van der Waals surface area contributed by atoms with Crippen molar-refractivity contribution in [1.82, 2.24) is 15.1 Å². The van der Waals surface area contributed by atoms with Gasteiger partial charge in [-0.1, -0.05) is 0 Å². The van der Waals surface area contributed by atoms with Gasteiger partial charge in [0.2, 0.25) is 5.91 Å². The lowest BCUT2D eigenvalue weighted by Gasteiger charge is -2.41. The molecule has 7 heteroatoms. The molecule has 2 fully saturated rings. The minimum Gasteiger partial charge on any atom is -0.336 e. The Morgan fingerprint density at radius 3 is 2.91 bits per heavy atom. The molecule has 1 N–H and O–H groups in total. The number of carbonyl (C=O) groups is 1. The Balaban J connectivity index is 1.70. The zero-order valence-electron chi connectivity index (χ0n) is 12.8. The maximum absolute atomic E-state index is 14.1. The van der Waals surface area contributed by atoms with E-state index in [0.29, 0.717) is 19.6 Å². The van der Waals surface area contributed by atoms with Crippen molar-refractivity contribution in [2.45, 2.75) is 25.4 Å². The second-order valence-electron chi connectivity index (χ2n) is 6.12. The first-order valence-corrected chi connectivity index (χ1v) is 8.70. The molecular formula is C16H20BrF2N3O. The number of halogens is 3. The Morgan fingerprint density at radius 2 is 2.13 bits per heavy atom. The SMILES string of the molecule is O=C1CNCCN1C1CCCN(Cc2c(F)ccc(Br)c2F)C1. The molecule has 0 bridgehead atoms. The van der Waals surface area contributed by atoms with E-state index in [1.54, 1.807) is 0 Å². The maximum Gasteiger partial charge on any atom is 0.236 e. The highest BCUT2D eigenvalue weighted by Gasteiger charge is 2.30. The first kappa shape index (κ1) is 16.8. The van der Waals surface area contributed by atoms with Crippen molar-refractivity contribution in [1.29, 1.82) is 0 Å². The predicted octanol–water partition coefficient (Wildman–Crippen LogP) is 2.12. The number of rotatable bonds is 3. The molecule has 0 radical (unpaired) electrons. The van der Waals surface area contributed by atoms with Crippen LogP contribution in [0, 0.1) is 11.6 Å². The summed E-state index contributed by atoms with van der Waals surface area (Å²) in [5, 5.41) is 3.07. The molecular weight excluding hydrogens is 368 g/mol. The van der Waals surface area contributed by atoms with Crippen LogP contribution in [0.5, 0.6) is 0 Å². The number of hydrogen-bond acceptors (Lipinski definition) is 3. The van der Waals surface area contributed by atoms with Crippen LogP contribution in [0.1, 0.15) is 18.4 Å². The number of hydrogen-bond donors (Lipinski definition) is 1. The molecule has 0 aromatic heterocycles. The van der Waals surface area contributed by atoms with E-state index in [0.717, 1.165) is 25.9 Å². The van der Waals surface area contributed by atoms with Crippen molar-refractivity contribution in [3.63, 3.8) is 0 Å². The minimum atomic E-state index is -0.537. The normalized spacial score (nSPS) is 23.3. The van der Waals surface area contributed by atoms with Crippen molar-refractivity contribution < 1.29 is 13.6 Å². The Bertz CT molecular complexity index is 599. The molecule has 1 aromatic rings. The Morgan fingerprint density at radius 1 is 1.30 bits per heavy atom. The van der Waals surface area contributed by atoms with Gasteiger partial charge in [-0.15, -0.1) is 0 Å². The maximum atomic E-state index is 14.1. The zero-order chi connectivity index (χ0) is 16.4. The van der Waals surface area contributed by atoms with Gasteiger partial charge >= 0.3 is 0 Å². The van der Waals surface area contributed by atoms with E-state index >= 15 is 0 Å². The van der Waals surface area contributed by atoms with Crippen LogP contribution in [0.2, 0.25) is 0 Å². The number of piperidine rings is 1. The number of benzene rings is 1. The molecule has 0 aliphatic carbocycles. The van der Waals surface area contributed by atoms with Crippen molar-refractivity contribution >= 4 is 21.8 Å². The fourth-order valence-corrected chi connectivity index (χ4v) is 3.75. The van der Waals surface area contributed by atoms with Crippen LogP contribution in [-0.2, 0) is 11.3 Å². The molecule has 0 spiro atoms. The van der Waals surface area contributed by atoms with Crippen LogP contribution in [0.4, 0.5) is 8.78 Å². The highest BCUT2D eigenvalue weighted by Crippen LogP contribution is 2.25. The molecule has 126 valence electrons. The summed E-state index contributed by atoms with van der Waals surface area (Å²) in [5.74, 6) is -0.945. The first-order chi connectivity index (χ1) is 11.1. The average molecular weight is 388 g/mol. The third kappa shape index (κ3) is 3.72. The van der Waals surface area contributed by atoms with Crippen molar-refractivity contribution in [3.8, 4) is 0 Å². The third-order valence-electron chi connectivity index (χ3n) is 4.57. The van der Waals surface area contributed by atoms with Crippen LogP contribution in [0.15, 0.2) is 16.6 Å². The Hall–Kier alpha value is -1.05. The lowest BCUT2D eigenvalue weighted by molar-refractivity contribution is -0.135. The summed E-state index contributed by atoms with van der Waals surface area (Å²) >= 11 is 3.11. The second-order valence-corrected chi connectivity index (χ2v) is 6.97. The van der Waals surface area contributed by atoms with Gasteiger partial charge in [0.15, 0.2) is 0 Å². The number of carbonyl (C=O) groups excluding carboxylic acids is 1. The fraction of sp³-hybridized carbons (Fsp3) is 0.562. The van der Waals surface area contributed by atoms with E-state index in [4.69, 9.17) is 0 Å². The molecule has 1 unspecified atom stereocenters. The van der Waals surface area contributed by atoms with Crippen LogP contribution >= 0.6 is 15.9 Å². The minimum absolute atomic E-state index is 0.0895. The van der Waals surface area contributed by atoms with Gasteiger partial charge in [-0.3, -0.25) is 9.69 Å². The topological polar surface area (TPSA) is 35.6 Å². The van der Waals surface area contributed by atoms with Crippen LogP contribution < -0.4 is 5.32 Å². The summed E-state index contributed by atoms with van der Waals surface area (Å²) in [4.78, 5) is 16.0. The lowest BCUT2D eigenvalue weighted by atomic mass is 10.0. The number of amides is 1. The highest BCUT2D eigenvalue weighted by molar-refractivity contribution is 9.10. The molecule has 0 saturated carbocycles. The van der Waals surface area contributed by atoms with E-state index in [1.165, 1.54) is 12.1 Å². The molecule has 23 heavy (non-hydrogen) atoms. The quantitative estimate of drug-likeness (QED) is 0.806. The van der Waals surface area contributed by atoms with Crippen LogP contribution in [0.3, 0.4) is 0 Å². The van der Waals surface area contributed by atoms with E-state index < -0.39 is 11.6 Å². The molecule has 2 saturated heterocycles. The van der Waals surface area contributed by atoms with Gasteiger partial charge < -0.3 is 10.2 Å². The second kappa shape index (κ2) is 7.23. The monoisotopic (exact) mass is 387 g/mol. The summed E-state index contributed by atoms with van der Waals surface area (Å²) in [5.41, 5.74) is 0.0895. The first-order valence-electron chi connectivity index (χ1n) is 7.91. The smallest absolute Gasteiger partial charge is 0.236 e. The lowest BCUT2D eigenvalue weighted by Crippen LogP contribution is -2.56. The average Bonchev–Trinajstić information content (AvgIpc) is 2.56. The summed E-state index contributed by atoms with van der Waals surface area (Å²) in [7, 11) is 0. The van der Waals surface area contributed by atoms with Crippen LogP contribution in [0.25, 0.3) is 0 Å². The standard InChI is InChI=1S/C16H20BrF2N3O/c17-13-3-4-14(18)12(16(13)19)10-21-6-1-2-11(9-21)22-7-5-20-8-15(22)23/h3-4,11,20H,1-2,5-10H2. The van der Waals surface area contributed by atoms with Gasteiger partial charge in [-0.2, -0.15) is 0 Å². The van der Waals surface area contributed by atoms with Crippen molar-refractivity contribution in [3.05, 3.63) is 33.8 Å². The number of nitrogens with zero attached hydrogens (tertiary/aromatic N) is 2. The van der Waals surface area contributed by atoms with E-state index in [2.05, 4.69) is 21.2 Å². The number of nitrogens with one attached hydrogen (secondary N) is 1. The summed E-state index contributed by atoms with van der Waals surface area (Å²) in [6, 6.07) is 2.80. The van der Waals surface area contributed by atoms with Crippen molar-refractivity contribution in [2.24, 2.45) is 0 Å². The zero-order valence-corrected chi connectivity index (χ0v) is 14.4. The molecule has 2 heterocycles. The molecule has 3 rings (SSSR count). The summed E-state index contributed by atoms with van der Waals surface area (Å²) in [6.45, 7) is 3.58. The number of likely N-dealkylation sites (tertiary alicyclic amines) is 1. The molecule has 1 amide bonds. The van der Waals surface area contributed by atoms with Gasteiger partial charge in [0.25, 0.3) is 0 Å². The van der Waals surface area contributed by atoms with Gasteiger partial charge in [-0.25, -0.2) is 8.78 Å². The molecule has 2 aliphatic heterocycles. The van der Waals surface area contributed by atoms with Gasteiger partial charge in [0, 0.05) is 37.8 Å². The fourth-order valence-electron chi connectivity index (χ4n) is 3.37. The Labute approximate surface area is 142 Å². The third-order valence-corrected chi connectivity index (χ3v) is 5.18. The molecule has 1 atom stereocenters. The Kier molecular flexibility index (Phi) is 5.28. The largest absolute Gasteiger partial charge is 0.336 e. The molecule has 1 aromatic carbocycles. The van der Waals surface area contributed by atoms with Crippen LogP contribution in [-0.4, -0.2) is 54.5 Å². The molecule has 4 nitrogen and oxygen atoms in total. The van der Waals surface area contributed by atoms with Crippen molar-refractivity contribution in [2.75, 3.05) is 32.7 Å². The van der Waals surface area contributed by atoms with Gasteiger partial charge in [-0.05, 0) is 47.4 Å². The van der Waals surface area contributed by atoms with E-state index in [-0.39, 0.29) is 28.5 Å². The van der Waals surface area contributed by atoms with Gasteiger partial charge in [0.1, 0.15) is 11.6 Å². The number of piperazine rings is 1. The molecule has 2 aliphatic rings. The van der Waals surface area contributed by atoms with Gasteiger partial charge in [0.05, 0.1) is 11.0 Å². The predicted molar refractivity (Wildman–Crippen MR) is 86.9 cm³/mol. The summed E-state index contributed by atoms with van der Waals surface area (Å²) < 4.78 is 28.4. The summed E-state index contributed by atoms with van der Waals surface area (Å²) in [6.07, 6.45) is 1.88. The van der Waals surface area contributed by atoms with E-state index in [1.807, 2.05) is 9.80 Å². The van der Waals surface area contributed by atoms with E-state index in [9.17, 15) is 13.6 Å². The highest BCUT2D eigenvalue weighted by atomic mass is 79.9.